The fourth-order valence-corrected chi connectivity index (χ4v) is 2.55. The monoisotopic (exact) mass is 247 g/mol. The Morgan fingerprint density at radius 2 is 2.00 bits per heavy atom. The van der Waals surface area contributed by atoms with Crippen LogP contribution in [0.5, 0.6) is 5.75 Å². The van der Waals surface area contributed by atoms with E-state index in [1.807, 2.05) is 30.3 Å². The van der Waals surface area contributed by atoms with Crippen LogP contribution in [0.4, 0.5) is 0 Å². The molecule has 0 amide bonds. The molecule has 1 aromatic carbocycles. The van der Waals surface area contributed by atoms with Gasteiger partial charge in [-0.25, -0.2) is 0 Å². The van der Waals surface area contributed by atoms with E-state index in [2.05, 4.69) is 19.2 Å². The van der Waals surface area contributed by atoms with Crippen molar-refractivity contribution in [2.75, 3.05) is 19.7 Å². The number of para-hydroxylation sites is 1. The molecule has 0 bridgehead atoms. The van der Waals surface area contributed by atoms with Crippen LogP contribution in [0.2, 0.25) is 0 Å². The Morgan fingerprint density at radius 3 is 2.61 bits per heavy atom. The SMILES string of the molecule is CCNCC(C)(CCOc1ccccc1)C1CC1. The van der Waals surface area contributed by atoms with Crippen LogP contribution in [0.3, 0.4) is 0 Å². The van der Waals surface area contributed by atoms with Crippen LogP contribution in [0.1, 0.15) is 33.1 Å². The quantitative estimate of drug-likeness (QED) is 0.759. The van der Waals surface area contributed by atoms with Gasteiger partial charge in [-0.1, -0.05) is 32.0 Å². The highest BCUT2D eigenvalue weighted by Gasteiger charge is 2.40. The molecule has 100 valence electrons. The van der Waals surface area contributed by atoms with Crippen molar-refractivity contribution < 1.29 is 4.74 Å². The average molecular weight is 247 g/mol. The summed E-state index contributed by atoms with van der Waals surface area (Å²) in [7, 11) is 0. The van der Waals surface area contributed by atoms with Crippen LogP contribution >= 0.6 is 0 Å². The summed E-state index contributed by atoms with van der Waals surface area (Å²) in [6.07, 6.45) is 3.93. The molecule has 1 saturated carbocycles. The largest absolute Gasteiger partial charge is 0.494 e. The van der Waals surface area contributed by atoms with Gasteiger partial charge in [0.25, 0.3) is 0 Å². The molecule has 1 atom stereocenters. The van der Waals surface area contributed by atoms with Crippen molar-refractivity contribution in [1.82, 2.24) is 5.32 Å². The predicted molar refractivity (Wildman–Crippen MR) is 75.9 cm³/mol. The Balaban J connectivity index is 1.79. The maximum Gasteiger partial charge on any atom is 0.119 e. The van der Waals surface area contributed by atoms with Crippen molar-refractivity contribution >= 4 is 0 Å². The predicted octanol–water partition coefficient (Wildman–Crippen LogP) is 3.48. The molecule has 0 aliphatic heterocycles. The third-order valence-electron chi connectivity index (χ3n) is 4.03. The average Bonchev–Trinajstić information content (AvgIpc) is 3.22. The van der Waals surface area contributed by atoms with Crippen LogP contribution in [0.15, 0.2) is 30.3 Å². The van der Waals surface area contributed by atoms with Gasteiger partial charge in [0.2, 0.25) is 0 Å². The van der Waals surface area contributed by atoms with Crippen molar-refractivity contribution in [3.05, 3.63) is 30.3 Å². The first-order valence-corrected chi connectivity index (χ1v) is 7.13. The summed E-state index contributed by atoms with van der Waals surface area (Å²) in [5.74, 6) is 1.88. The Labute approximate surface area is 111 Å². The Hall–Kier alpha value is -1.02. The smallest absolute Gasteiger partial charge is 0.119 e. The summed E-state index contributed by atoms with van der Waals surface area (Å²) < 4.78 is 5.83. The normalized spacial score (nSPS) is 18.3. The molecule has 1 aliphatic rings. The van der Waals surface area contributed by atoms with Gasteiger partial charge >= 0.3 is 0 Å². The number of ether oxygens (including phenoxy) is 1. The first kappa shape index (κ1) is 13.4. The zero-order chi connectivity index (χ0) is 12.8. The van der Waals surface area contributed by atoms with E-state index in [4.69, 9.17) is 4.74 Å². The van der Waals surface area contributed by atoms with Gasteiger partial charge in [0, 0.05) is 6.54 Å². The molecule has 1 aromatic rings. The topological polar surface area (TPSA) is 21.3 Å². The van der Waals surface area contributed by atoms with E-state index in [1.54, 1.807) is 0 Å². The molecule has 1 unspecified atom stereocenters. The van der Waals surface area contributed by atoms with Gasteiger partial charge in [0.15, 0.2) is 0 Å². The molecule has 1 fully saturated rings. The minimum atomic E-state index is 0.408. The molecule has 2 heteroatoms. The van der Waals surface area contributed by atoms with E-state index in [1.165, 1.54) is 12.8 Å². The summed E-state index contributed by atoms with van der Waals surface area (Å²) in [4.78, 5) is 0. The second kappa shape index (κ2) is 6.24. The van der Waals surface area contributed by atoms with E-state index in [0.29, 0.717) is 5.41 Å². The molecule has 0 saturated heterocycles. The number of hydrogen-bond acceptors (Lipinski definition) is 2. The third-order valence-corrected chi connectivity index (χ3v) is 4.03. The van der Waals surface area contributed by atoms with Gasteiger partial charge in [-0.3, -0.25) is 0 Å². The first-order valence-electron chi connectivity index (χ1n) is 7.13. The first-order chi connectivity index (χ1) is 8.74. The summed E-state index contributed by atoms with van der Waals surface area (Å²) in [5.41, 5.74) is 0.408. The lowest BCUT2D eigenvalue weighted by molar-refractivity contribution is 0.181. The lowest BCUT2D eigenvalue weighted by atomic mass is 9.81. The Morgan fingerprint density at radius 1 is 1.28 bits per heavy atom. The van der Waals surface area contributed by atoms with Crippen molar-refractivity contribution in [2.24, 2.45) is 11.3 Å². The van der Waals surface area contributed by atoms with Gasteiger partial charge in [0.05, 0.1) is 6.61 Å². The number of hydrogen-bond donors (Lipinski definition) is 1. The number of nitrogens with one attached hydrogen (secondary N) is 1. The maximum absolute atomic E-state index is 5.83. The maximum atomic E-state index is 5.83. The second-order valence-corrected chi connectivity index (χ2v) is 5.62. The molecule has 18 heavy (non-hydrogen) atoms. The van der Waals surface area contributed by atoms with Gasteiger partial charge < -0.3 is 10.1 Å². The van der Waals surface area contributed by atoms with Crippen LogP contribution in [-0.4, -0.2) is 19.7 Å². The third kappa shape index (κ3) is 3.74. The minimum absolute atomic E-state index is 0.408. The standard InChI is InChI=1S/C16H25NO/c1-3-17-13-16(2,14-9-10-14)11-12-18-15-7-5-4-6-8-15/h4-8,14,17H,3,9-13H2,1-2H3. The second-order valence-electron chi connectivity index (χ2n) is 5.62. The van der Waals surface area contributed by atoms with Crippen molar-refractivity contribution in [3.63, 3.8) is 0 Å². The molecule has 0 aromatic heterocycles. The molecule has 1 N–H and O–H groups in total. The highest BCUT2D eigenvalue weighted by molar-refractivity contribution is 5.20. The van der Waals surface area contributed by atoms with Gasteiger partial charge in [-0.2, -0.15) is 0 Å². The number of rotatable bonds is 8. The van der Waals surface area contributed by atoms with Crippen LogP contribution in [0.25, 0.3) is 0 Å². The molecular weight excluding hydrogens is 222 g/mol. The van der Waals surface area contributed by atoms with E-state index < -0.39 is 0 Å². The minimum Gasteiger partial charge on any atom is -0.494 e. The number of benzene rings is 1. The Kier molecular flexibility index (Phi) is 4.65. The van der Waals surface area contributed by atoms with Gasteiger partial charge in [-0.15, -0.1) is 0 Å². The fraction of sp³-hybridized carbons (Fsp3) is 0.625. The molecule has 2 nitrogen and oxygen atoms in total. The van der Waals surface area contributed by atoms with E-state index in [0.717, 1.165) is 37.8 Å². The van der Waals surface area contributed by atoms with Crippen molar-refractivity contribution in [2.45, 2.75) is 33.1 Å². The Bertz CT molecular complexity index is 347. The van der Waals surface area contributed by atoms with Crippen LogP contribution < -0.4 is 10.1 Å². The van der Waals surface area contributed by atoms with Crippen molar-refractivity contribution in [1.29, 1.82) is 0 Å². The highest BCUT2D eigenvalue weighted by Crippen LogP contribution is 2.47. The molecule has 1 aliphatic carbocycles. The van der Waals surface area contributed by atoms with Crippen LogP contribution in [-0.2, 0) is 0 Å². The lowest BCUT2D eigenvalue weighted by Crippen LogP contribution is -2.35. The van der Waals surface area contributed by atoms with Gasteiger partial charge in [0.1, 0.15) is 5.75 Å². The zero-order valence-electron chi connectivity index (χ0n) is 11.6. The summed E-state index contributed by atoms with van der Waals surface area (Å²) in [5, 5.41) is 3.50. The van der Waals surface area contributed by atoms with Gasteiger partial charge in [-0.05, 0) is 49.3 Å². The fourth-order valence-electron chi connectivity index (χ4n) is 2.55. The molecule has 0 spiro atoms. The van der Waals surface area contributed by atoms with Crippen molar-refractivity contribution in [3.8, 4) is 5.75 Å². The lowest BCUT2D eigenvalue weighted by Gasteiger charge is -2.30. The molecule has 2 rings (SSSR count). The highest BCUT2D eigenvalue weighted by atomic mass is 16.5. The summed E-state index contributed by atoms with van der Waals surface area (Å²) in [6.45, 7) is 7.58. The summed E-state index contributed by atoms with van der Waals surface area (Å²) >= 11 is 0. The van der Waals surface area contributed by atoms with E-state index >= 15 is 0 Å². The summed E-state index contributed by atoms with van der Waals surface area (Å²) in [6, 6.07) is 10.1. The zero-order valence-corrected chi connectivity index (χ0v) is 11.6. The van der Waals surface area contributed by atoms with E-state index in [9.17, 15) is 0 Å². The molecule has 0 radical (unpaired) electrons. The molecular formula is C16H25NO. The van der Waals surface area contributed by atoms with Crippen LogP contribution in [0, 0.1) is 11.3 Å². The molecule has 0 heterocycles. The van der Waals surface area contributed by atoms with E-state index in [-0.39, 0.29) is 0 Å².